The van der Waals surface area contributed by atoms with Crippen LogP contribution in [0.3, 0.4) is 0 Å². The Kier molecular flexibility index (Phi) is 9.03. The maximum Gasteiger partial charge on any atom is 0.310 e. The lowest BCUT2D eigenvalue weighted by molar-refractivity contribution is -0.142. The molecule has 1 N–H and O–H groups in total. The van der Waals surface area contributed by atoms with Crippen molar-refractivity contribution in [2.45, 2.75) is 31.7 Å². The number of amides is 1. The van der Waals surface area contributed by atoms with Crippen LogP contribution in [-0.2, 0) is 37.3 Å². The summed E-state index contributed by atoms with van der Waals surface area (Å²) in [6.45, 7) is 3.50. The molecule has 0 saturated carbocycles. The maximum absolute atomic E-state index is 13.4. The quantitative estimate of drug-likeness (QED) is 0.400. The normalized spacial score (nSPS) is 11.3. The highest BCUT2D eigenvalue weighted by Gasteiger charge is 2.27. The number of hydrogen-bond donors (Lipinski definition) is 1. The number of sulfonamides is 1. The van der Waals surface area contributed by atoms with Gasteiger partial charge in [-0.1, -0.05) is 53.6 Å². The fourth-order valence-corrected chi connectivity index (χ4v) is 4.97. The molecule has 0 aromatic heterocycles. The molecule has 7 nitrogen and oxygen atoms in total. The summed E-state index contributed by atoms with van der Waals surface area (Å²) in [5.74, 6) is -0.830. The van der Waals surface area contributed by atoms with E-state index in [2.05, 4.69) is 5.32 Å². The van der Waals surface area contributed by atoms with Gasteiger partial charge in [-0.05, 0) is 61.4 Å². The van der Waals surface area contributed by atoms with Gasteiger partial charge in [-0.25, -0.2) is 8.42 Å². The second kappa shape index (κ2) is 12.0. The first kappa shape index (κ1) is 26.4. The standard InChI is InChI=1S/C26H27ClN2O5S/c1-3-34-26(31)16-20-9-11-23(12-10-20)28-25(30)18-29(17-21-5-4-6-22(27)15-21)35(32,33)24-13-7-19(2)8-14-24/h4-15H,3,16-18H2,1-2H3,(H,28,30). The van der Waals surface area contributed by atoms with Crippen molar-refractivity contribution in [3.63, 3.8) is 0 Å². The molecule has 0 aliphatic rings. The summed E-state index contributed by atoms with van der Waals surface area (Å²) in [6.07, 6.45) is 0.129. The summed E-state index contributed by atoms with van der Waals surface area (Å²) in [4.78, 5) is 24.6. The van der Waals surface area contributed by atoms with Crippen LogP contribution in [0.4, 0.5) is 5.69 Å². The van der Waals surface area contributed by atoms with E-state index in [0.29, 0.717) is 22.9 Å². The van der Waals surface area contributed by atoms with E-state index < -0.39 is 22.5 Å². The monoisotopic (exact) mass is 514 g/mol. The molecule has 9 heteroatoms. The number of carbonyl (C=O) groups is 2. The molecule has 3 aromatic carbocycles. The first-order chi connectivity index (χ1) is 16.7. The number of carbonyl (C=O) groups excluding carboxylic acids is 2. The molecule has 0 radical (unpaired) electrons. The van der Waals surface area contributed by atoms with E-state index in [0.717, 1.165) is 15.4 Å². The van der Waals surface area contributed by atoms with Gasteiger partial charge in [0.1, 0.15) is 0 Å². The molecule has 0 atom stereocenters. The van der Waals surface area contributed by atoms with Crippen molar-refractivity contribution < 1.29 is 22.7 Å². The van der Waals surface area contributed by atoms with Gasteiger partial charge in [0.15, 0.2) is 0 Å². The number of nitrogens with zero attached hydrogens (tertiary/aromatic N) is 1. The average Bonchev–Trinajstić information content (AvgIpc) is 2.80. The van der Waals surface area contributed by atoms with Gasteiger partial charge in [-0.3, -0.25) is 9.59 Å². The van der Waals surface area contributed by atoms with Crippen LogP contribution in [0.1, 0.15) is 23.6 Å². The highest BCUT2D eigenvalue weighted by Crippen LogP contribution is 2.21. The van der Waals surface area contributed by atoms with Crippen molar-refractivity contribution in [1.82, 2.24) is 4.31 Å². The van der Waals surface area contributed by atoms with Crippen LogP contribution in [0.15, 0.2) is 77.7 Å². The maximum atomic E-state index is 13.4. The molecule has 0 unspecified atom stereocenters. The number of nitrogens with one attached hydrogen (secondary N) is 1. The third-order valence-corrected chi connectivity index (χ3v) is 7.16. The van der Waals surface area contributed by atoms with Crippen LogP contribution in [0, 0.1) is 6.92 Å². The SMILES string of the molecule is CCOC(=O)Cc1ccc(NC(=O)CN(Cc2cccc(Cl)c2)S(=O)(=O)c2ccc(C)cc2)cc1. The summed E-state index contributed by atoms with van der Waals surface area (Å²) in [5.41, 5.74) is 2.81. The molecule has 0 bridgehead atoms. The number of ether oxygens (including phenoxy) is 1. The minimum Gasteiger partial charge on any atom is -0.466 e. The van der Waals surface area contributed by atoms with Crippen molar-refractivity contribution >= 4 is 39.2 Å². The predicted molar refractivity (Wildman–Crippen MR) is 136 cm³/mol. The molecule has 3 aromatic rings. The average molecular weight is 515 g/mol. The lowest BCUT2D eigenvalue weighted by atomic mass is 10.1. The molecule has 35 heavy (non-hydrogen) atoms. The summed E-state index contributed by atoms with van der Waals surface area (Å²) in [6, 6.07) is 20.0. The van der Waals surface area contributed by atoms with Gasteiger partial charge in [0.25, 0.3) is 0 Å². The first-order valence-electron chi connectivity index (χ1n) is 11.0. The Labute approximate surface area is 210 Å². The molecule has 0 aliphatic carbocycles. The van der Waals surface area contributed by atoms with Crippen LogP contribution >= 0.6 is 11.6 Å². The third-order valence-electron chi connectivity index (χ3n) is 5.12. The van der Waals surface area contributed by atoms with Crippen molar-refractivity contribution in [1.29, 1.82) is 0 Å². The van der Waals surface area contributed by atoms with Gasteiger partial charge in [-0.15, -0.1) is 0 Å². The van der Waals surface area contributed by atoms with Crippen LogP contribution in [0.25, 0.3) is 0 Å². The molecule has 0 heterocycles. The van der Waals surface area contributed by atoms with E-state index in [9.17, 15) is 18.0 Å². The van der Waals surface area contributed by atoms with Gasteiger partial charge in [-0.2, -0.15) is 4.31 Å². The van der Waals surface area contributed by atoms with Crippen molar-refractivity contribution in [3.05, 3.63) is 94.5 Å². The summed E-state index contributed by atoms with van der Waals surface area (Å²) >= 11 is 6.08. The topological polar surface area (TPSA) is 92.8 Å². The number of aryl methyl sites for hydroxylation is 1. The molecule has 1 amide bonds. The predicted octanol–water partition coefficient (Wildman–Crippen LogP) is 4.58. The number of anilines is 1. The molecular formula is C26H27ClN2O5S. The summed E-state index contributed by atoms with van der Waals surface area (Å²) in [7, 11) is -3.96. The highest BCUT2D eigenvalue weighted by molar-refractivity contribution is 7.89. The zero-order valence-corrected chi connectivity index (χ0v) is 21.1. The Bertz CT molecular complexity index is 1280. The number of halogens is 1. The van der Waals surface area contributed by atoms with E-state index in [-0.39, 0.29) is 23.8 Å². The zero-order valence-electron chi connectivity index (χ0n) is 19.5. The molecule has 0 fully saturated rings. The molecule has 0 saturated heterocycles. The lowest BCUT2D eigenvalue weighted by Crippen LogP contribution is -2.37. The molecule has 0 aliphatic heterocycles. The van der Waals surface area contributed by atoms with Crippen LogP contribution in [0.5, 0.6) is 0 Å². The molecule has 184 valence electrons. The van der Waals surface area contributed by atoms with E-state index in [1.165, 1.54) is 12.1 Å². The number of benzene rings is 3. The van der Waals surface area contributed by atoms with Gasteiger partial charge < -0.3 is 10.1 Å². The summed E-state index contributed by atoms with van der Waals surface area (Å²) < 4.78 is 32.8. The smallest absolute Gasteiger partial charge is 0.310 e. The van der Waals surface area contributed by atoms with Gasteiger partial charge in [0, 0.05) is 17.3 Å². The van der Waals surface area contributed by atoms with E-state index >= 15 is 0 Å². The van der Waals surface area contributed by atoms with Crippen molar-refractivity contribution in [2.75, 3.05) is 18.5 Å². The van der Waals surface area contributed by atoms with Crippen LogP contribution in [0.2, 0.25) is 5.02 Å². The minimum atomic E-state index is -3.96. The second-order valence-corrected chi connectivity index (χ2v) is 10.3. The largest absolute Gasteiger partial charge is 0.466 e. The zero-order chi connectivity index (χ0) is 25.4. The van der Waals surface area contributed by atoms with Crippen molar-refractivity contribution in [2.24, 2.45) is 0 Å². The Morgan fingerprint density at radius 3 is 2.29 bits per heavy atom. The highest BCUT2D eigenvalue weighted by atomic mass is 35.5. The van der Waals surface area contributed by atoms with Crippen molar-refractivity contribution in [3.8, 4) is 0 Å². The van der Waals surface area contributed by atoms with Gasteiger partial charge in [0.2, 0.25) is 15.9 Å². The Morgan fingerprint density at radius 2 is 1.66 bits per heavy atom. The third kappa shape index (κ3) is 7.65. The minimum absolute atomic E-state index is 0.0251. The van der Waals surface area contributed by atoms with Crippen LogP contribution < -0.4 is 5.32 Å². The number of esters is 1. The first-order valence-corrected chi connectivity index (χ1v) is 12.8. The Hall–Kier alpha value is -3.20. The second-order valence-electron chi connectivity index (χ2n) is 7.94. The van der Waals surface area contributed by atoms with E-state index in [4.69, 9.17) is 16.3 Å². The Balaban J connectivity index is 1.77. The number of hydrogen-bond acceptors (Lipinski definition) is 5. The lowest BCUT2D eigenvalue weighted by Gasteiger charge is -2.22. The van der Waals surface area contributed by atoms with Gasteiger partial charge in [0.05, 0.1) is 24.5 Å². The van der Waals surface area contributed by atoms with Crippen LogP contribution in [-0.4, -0.2) is 37.8 Å². The summed E-state index contributed by atoms with van der Waals surface area (Å²) in [5, 5.41) is 3.20. The fourth-order valence-electron chi connectivity index (χ4n) is 3.37. The molecular weight excluding hydrogens is 488 g/mol. The van der Waals surface area contributed by atoms with E-state index in [1.54, 1.807) is 67.6 Å². The number of rotatable bonds is 10. The van der Waals surface area contributed by atoms with E-state index in [1.807, 2.05) is 6.92 Å². The fraction of sp³-hybridized carbons (Fsp3) is 0.231. The molecule has 3 rings (SSSR count). The van der Waals surface area contributed by atoms with Gasteiger partial charge >= 0.3 is 5.97 Å². The molecule has 0 spiro atoms. The Morgan fingerprint density at radius 1 is 0.971 bits per heavy atom.